The number of nitrogens with two attached hydrogens (primary N) is 1. The van der Waals surface area contributed by atoms with E-state index in [-0.39, 0.29) is 11.8 Å². The number of piperazine rings is 1. The van der Waals surface area contributed by atoms with Gasteiger partial charge >= 0.3 is 0 Å². The van der Waals surface area contributed by atoms with Crippen LogP contribution in [0.4, 0.5) is 0 Å². The Morgan fingerprint density at radius 1 is 1.05 bits per heavy atom. The van der Waals surface area contributed by atoms with Crippen LogP contribution in [-0.4, -0.2) is 42.4 Å². The van der Waals surface area contributed by atoms with E-state index < -0.39 is 11.9 Å². The molecule has 1 atom stereocenters. The molecule has 0 aromatic heterocycles. The molecule has 1 saturated heterocycles. The second-order valence-corrected chi connectivity index (χ2v) is 5.70. The van der Waals surface area contributed by atoms with Crippen LogP contribution < -0.4 is 11.1 Å². The zero-order valence-electron chi connectivity index (χ0n) is 11.6. The maximum Gasteiger partial charge on any atom is 0.241 e. The topological polar surface area (TPSA) is 75.4 Å². The highest BCUT2D eigenvalue weighted by molar-refractivity contribution is 5.88. The Bertz CT molecular complexity index is 325. The fourth-order valence-corrected chi connectivity index (χ4v) is 3.16. The molecule has 0 radical (unpaired) electrons. The van der Waals surface area contributed by atoms with Crippen LogP contribution in [0.3, 0.4) is 0 Å². The summed E-state index contributed by atoms with van der Waals surface area (Å²) in [4.78, 5) is 25.8. The van der Waals surface area contributed by atoms with Crippen molar-refractivity contribution in [3.63, 3.8) is 0 Å². The summed E-state index contributed by atoms with van der Waals surface area (Å²) in [5.74, 6) is -0.154. The van der Waals surface area contributed by atoms with E-state index in [0.717, 1.165) is 32.2 Å². The molecule has 0 bridgehead atoms. The van der Waals surface area contributed by atoms with Crippen LogP contribution in [0.25, 0.3) is 0 Å². The highest BCUT2D eigenvalue weighted by atomic mass is 16.2. The number of carbonyl (C=O) groups excluding carboxylic acids is 2. The van der Waals surface area contributed by atoms with Crippen molar-refractivity contribution in [3.8, 4) is 0 Å². The fraction of sp³-hybridized carbons (Fsp3) is 0.857. The standard InChI is InChI=1S/C14H25N3O2/c15-13(18)12-10-16-8-9-17(12)14(19)11-6-4-2-1-3-5-7-11/h11-12,16H,1-10H2,(H2,15,18). The number of nitrogens with one attached hydrogen (secondary N) is 1. The van der Waals surface area contributed by atoms with Crippen molar-refractivity contribution in [2.45, 2.75) is 51.0 Å². The van der Waals surface area contributed by atoms with Gasteiger partial charge in [-0.15, -0.1) is 0 Å². The molecular formula is C14H25N3O2. The Labute approximate surface area is 114 Å². The van der Waals surface area contributed by atoms with E-state index in [1.807, 2.05) is 0 Å². The van der Waals surface area contributed by atoms with Crippen molar-refractivity contribution < 1.29 is 9.59 Å². The molecule has 2 rings (SSSR count). The summed E-state index contributed by atoms with van der Waals surface area (Å²) in [6, 6.07) is -0.466. The minimum Gasteiger partial charge on any atom is -0.368 e. The predicted octanol–water partition coefficient (Wildman–Crippen LogP) is 0.633. The van der Waals surface area contributed by atoms with Crippen LogP contribution in [0.1, 0.15) is 44.9 Å². The molecule has 2 amide bonds. The monoisotopic (exact) mass is 267 g/mol. The van der Waals surface area contributed by atoms with Crippen molar-refractivity contribution in [3.05, 3.63) is 0 Å². The lowest BCUT2D eigenvalue weighted by Crippen LogP contribution is -2.59. The molecule has 0 spiro atoms. The Morgan fingerprint density at radius 3 is 2.32 bits per heavy atom. The molecule has 1 aliphatic heterocycles. The van der Waals surface area contributed by atoms with E-state index in [2.05, 4.69) is 5.32 Å². The Balaban J connectivity index is 2.00. The SMILES string of the molecule is NC(=O)C1CNCCN1C(=O)C1CCCCCCC1. The van der Waals surface area contributed by atoms with E-state index >= 15 is 0 Å². The molecule has 108 valence electrons. The lowest BCUT2D eigenvalue weighted by molar-refractivity contribution is -0.144. The molecule has 0 aromatic rings. The van der Waals surface area contributed by atoms with Crippen molar-refractivity contribution in [2.75, 3.05) is 19.6 Å². The van der Waals surface area contributed by atoms with Gasteiger partial charge in [0.2, 0.25) is 11.8 Å². The van der Waals surface area contributed by atoms with Gasteiger partial charge < -0.3 is 16.0 Å². The highest BCUT2D eigenvalue weighted by Gasteiger charge is 2.34. The largest absolute Gasteiger partial charge is 0.368 e. The predicted molar refractivity (Wildman–Crippen MR) is 73.4 cm³/mol. The maximum atomic E-state index is 12.6. The summed E-state index contributed by atoms with van der Waals surface area (Å²) in [6.45, 7) is 1.85. The van der Waals surface area contributed by atoms with Crippen molar-refractivity contribution in [1.82, 2.24) is 10.2 Å². The van der Waals surface area contributed by atoms with Crippen molar-refractivity contribution >= 4 is 11.8 Å². The second-order valence-electron chi connectivity index (χ2n) is 5.70. The lowest BCUT2D eigenvalue weighted by atomic mass is 9.89. The van der Waals surface area contributed by atoms with Gasteiger partial charge in [-0.05, 0) is 12.8 Å². The summed E-state index contributed by atoms with van der Waals surface area (Å²) in [5, 5.41) is 3.13. The second kappa shape index (κ2) is 6.89. The van der Waals surface area contributed by atoms with Gasteiger partial charge in [0, 0.05) is 25.6 Å². The molecule has 5 nitrogen and oxygen atoms in total. The molecule has 2 aliphatic rings. The Morgan fingerprint density at radius 2 is 1.68 bits per heavy atom. The minimum atomic E-state index is -0.466. The number of hydrogen-bond donors (Lipinski definition) is 2. The van der Waals surface area contributed by atoms with Gasteiger partial charge in [0.1, 0.15) is 6.04 Å². The average molecular weight is 267 g/mol. The van der Waals surface area contributed by atoms with E-state index in [1.54, 1.807) is 4.90 Å². The first-order chi connectivity index (χ1) is 9.20. The number of amides is 2. The van der Waals surface area contributed by atoms with Gasteiger partial charge in [0.05, 0.1) is 0 Å². The molecular weight excluding hydrogens is 242 g/mol. The summed E-state index contributed by atoms with van der Waals surface area (Å²) in [6.07, 6.45) is 7.93. The first-order valence-corrected chi connectivity index (χ1v) is 7.50. The van der Waals surface area contributed by atoms with Crippen LogP contribution in [0, 0.1) is 5.92 Å². The summed E-state index contributed by atoms with van der Waals surface area (Å²) < 4.78 is 0. The lowest BCUT2D eigenvalue weighted by Gasteiger charge is -2.36. The average Bonchev–Trinajstić information content (AvgIpc) is 2.37. The third-order valence-corrected chi connectivity index (χ3v) is 4.31. The normalized spacial score (nSPS) is 26.5. The van der Waals surface area contributed by atoms with Crippen LogP contribution in [0.15, 0.2) is 0 Å². The summed E-state index contributed by atoms with van der Waals surface area (Å²) in [7, 11) is 0. The van der Waals surface area contributed by atoms with Crippen LogP contribution >= 0.6 is 0 Å². The third-order valence-electron chi connectivity index (χ3n) is 4.31. The van der Waals surface area contributed by atoms with Gasteiger partial charge in [-0.1, -0.05) is 32.1 Å². The van der Waals surface area contributed by atoms with Crippen molar-refractivity contribution in [1.29, 1.82) is 0 Å². The zero-order chi connectivity index (χ0) is 13.7. The minimum absolute atomic E-state index is 0.0975. The van der Waals surface area contributed by atoms with Gasteiger partial charge in [-0.2, -0.15) is 0 Å². The molecule has 1 unspecified atom stereocenters. The molecule has 5 heteroatoms. The van der Waals surface area contributed by atoms with Gasteiger partial charge in [0.15, 0.2) is 0 Å². The molecule has 3 N–H and O–H groups in total. The van der Waals surface area contributed by atoms with E-state index in [4.69, 9.17) is 5.73 Å². The van der Waals surface area contributed by atoms with Gasteiger partial charge in [0.25, 0.3) is 0 Å². The summed E-state index contributed by atoms with van der Waals surface area (Å²) in [5.41, 5.74) is 5.41. The van der Waals surface area contributed by atoms with E-state index in [0.29, 0.717) is 13.1 Å². The number of carbonyl (C=O) groups is 2. The number of hydrogen-bond acceptors (Lipinski definition) is 3. The molecule has 1 saturated carbocycles. The quantitative estimate of drug-likeness (QED) is 0.770. The van der Waals surface area contributed by atoms with E-state index in [9.17, 15) is 9.59 Å². The Kier molecular flexibility index (Phi) is 5.19. The molecule has 2 fully saturated rings. The smallest absolute Gasteiger partial charge is 0.241 e. The van der Waals surface area contributed by atoms with Crippen LogP contribution in [0.5, 0.6) is 0 Å². The molecule has 0 aromatic carbocycles. The summed E-state index contributed by atoms with van der Waals surface area (Å²) >= 11 is 0. The number of rotatable bonds is 2. The van der Waals surface area contributed by atoms with Gasteiger partial charge in [-0.25, -0.2) is 0 Å². The highest BCUT2D eigenvalue weighted by Crippen LogP contribution is 2.25. The molecule has 1 heterocycles. The van der Waals surface area contributed by atoms with Crippen molar-refractivity contribution in [2.24, 2.45) is 11.7 Å². The van der Waals surface area contributed by atoms with E-state index in [1.165, 1.54) is 19.3 Å². The van der Waals surface area contributed by atoms with Crippen LogP contribution in [-0.2, 0) is 9.59 Å². The maximum absolute atomic E-state index is 12.6. The van der Waals surface area contributed by atoms with Crippen LogP contribution in [0.2, 0.25) is 0 Å². The fourth-order valence-electron chi connectivity index (χ4n) is 3.16. The number of nitrogens with zero attached hydrogens (tertiary/aromatic N) is 1. The zero-order valence-corrected chi connectivity index (χ0v) is 11.6. The first kappa shape index (κ1) is 14.3. The molecule has 1 aliphatic carbocycles. The van der Waals surface area contributed by atoms with Gasteiger partial charge in [-0.3, -0.25) is 9.59 Å². The third kappa shape index (κ3) is 3.69. The Hall–Kier alpha value is -1.10. The number of primary amides is 1. The first-order valence-electron chi connectivity index (χ1n) is 7.50. The molecule has 19 heavy (non-hydrogen) atoms.